The molecule has 0 aliphatic carbocycles. The van der Waals surface area contributed by atoms with Crippen LogP contribution in [-0.2, 0) is 17.8 Å². The summed E-state index contributed by atoms with van der Waals surface area (Å²) in [5, 5.41) is 3.78. The summed E-state index contributed by atoms with van der Waals surface area (Å²) in [5.41, 5.74) is 4.54. The maximum absolute atomic E-state index is 12.9. The minimum absolute atomic E-state index is 0.0141. The number of hydrogen-bond acceptors (Lipinski definition) is 5. The molecule has 0 radical (unpaired) electrons. The van der Waals surface area contributed by atoms with Gasteiger partial charge in [0, 0.05) is 48.0 Å². The fourth-order valence-electron chi connectivity index (χ4n) is 3.77. The van der Waals surface area contributed by atoms with Crippen molar-refractivity contribution in [3.8, 4) is 0 Å². The lowest BCUT2D eigenvalue weighted by atomic mass is 10.1. The Bertz CT molecular complexity index is 966. The van der Waals surface area contributed by atoms with Crippen LogP contribution >= 0.6 is 11.8 Å². The van der Waals surface area contributed by atoms with E-state index >= 15 is 0 Å². The van der Waals surface area contributed by atoms with Crippen molar-refractivity contribution in [3.63, 3.8) is 0 Å². The predicted molar refractivity (Wildman–Crippen MR) is 120 cm³/mol. The van der Waals surface area contributed by atoms with E-state index < -0.39 is 0 Å². The van der Waals surface area contributed by atoms with Crippen LogP contribution in [0.25, 0.3) is 0 Å². The highest BCUT2D eigenvalue weighted by atomic mass is 32.2. The Kier molecular flexibility index (Phi) is 6.67. The van der Waals surface area contributed by atoms with E-state index in [0.29, 0.717) is 23.9 Å². The fraction of sp³-hybridized carbons (Fsp3) is 0.500. The molecule has 0 spiro atoms. The van der Waals surface area contributed by atoms with Crippen molar-refractivity contribution in [1.29, 1.82) is 0 Å². The zero-order valence-corrected chi connectivity index (χ0v) is 18.7. The third-order valence-electron chi connectivity index (χ3n) is 5.57. The van der Waals surface area contributed by atoms with E-state index in [1.165, 1.54) is 11.8 Å². The van der Waals surface area contributed by atoms with Crippen LogP contribution in [0.15, 0.2) is 28.2 Å². The largest absolute Gasteiger partial charge is 0.372 e. The number of carbonyl (C=O) groups excluding carboxylic acids is 1. The van der Waals surface area contributed by atoms with Crippen LogP contribution in [0.3, 0.4) is 0 Å². The summed E-state index contributed by atoms with van der Waals surface area (Å²) in [4.78, 5) is 32.5. The minimum atomic E-state index is -0.263. The van der Waals surface area contributed by atoms with Gasteiger partial charge < -0.3 is 10.2 Å². The van der Waals surface area contributed by atoms with Gasteiger partial charge in [-0.25, -0.2) is 4.98 Å². The van der Waals surface area contributed by atoms with E-state index in [9.17, 15) is 9.59 Å². The topological polar surface area (TPSA) is 67.2 Å². The summed E-state index contributed by atoms with van der Waals surface area (Å²) >= 11 is 1.48. The van der Waals surface area contributed by atoms with E-state index in [4.69, 9.17) is 0 Å². The molecule has 29 heavy (non-hydrogen) atoms. The molecule has 3 rings (SSSR count). The van der Waals surface area contributed by atoms with E-state index in [0.717, 1.165) is 41.3 Å². The van der Waals surface area contributed by atoms with Gasteiger partial charge in [-0.05, 0) is 57.9 Å². The number of anilines is 2. The Morgan fingerprint density at radius 3 is 2.62 bits per heavy atom. The second-order valence-corrected chi connectivity index (χ2v) is 8.38. The summed E-state index contributed by atoms with van der Waals surface area (Å²) < 4.78 is 1.67. The smallest absolute Gasteiger partial charge is 0.257 e. The second kappa shape index (κ2) is 9.03. The van der Waals surface area contributed by atoms with Gasteiger partial charge >= 0.3 is 0 Å². The van der Waals surface area contributed by atoms with Gasteiger partial charge in [0.15, 0.2) is 5.16 Å². The van der Waals surface area contributed by atoms with Gasteiger partial charge in [0.05, 0.1) is 5.92 Å². The van der Waals surface area contributed by atoms with E-state index in [2.05, 4.69) is 35.1 Å². The number of nitrogens with zero attached hydrogens (tertiary/aromatic N) is 3. The molecule has 1 atom stereocenters. The molecule has 1 amide bonds. The first-order valence-electron chi connectivity index (χ1n) is 10.3. The Morgan fingerprint density at radius 1 is 1.28 bits per heavy atom. The number of amides is 1. The highest BCUT2D eigenvalue weighted by Crippen LogP contribution is 2.28. The lowest BCUT2D eigenvalue weighted by Gasteiger charge is -2.26. The number of aryl methyl sites for hydroxylation is 2. The minimum Gasteiger partial charge on any atom is -0.372 e. The van der Waals surface area contributed by atoms with Crippen LogP contribution in [0.4, 0.5) is 11.4 Å². The van der Waals surface area contributed by atoms with Crippen molar-refractivity contribution >= 4 is 29.0 Å². The lowest BCUT2D eigenvalue weighted by molar-refractivity contribution is -0.119. The first-order chi connectivity index (χ1) is 13.9. The molecule has 1 aromatic heterocycles. The predicted octanol–water partition coefficient (Wildman–Crippen LogP) is 3.63. The van der Waals surface area contributed by atoms with Crippen LogP contribution in [0, 0.1) is 19.8 Å². The van der Waals surface area contributed by atoms with Gasteiger partial charge in [0.2, 0.25) is 5.91 Å². The maximum Gasteiger partial charge on any atom is 0.257 e. The van der Waals surface area contributed by atoms with Gasteiger partial charge in [-0.2, -0.15) is 0 Å². The second-order valence-electron chi connectivity index (χ2n) is 7.40. The normalized spacial score (nSPS) is 15.7. The molecular weight excluding hydrogens is 384 g/mol. The summed E-state index contributed by atoms with van der Waals surface area (Å²) in [6.45, 7) is 12.4. The molecule has 1 aromatic carbocycles. The maximum atomic E-state index is 12.9. The van der Waals surface area contributed by atoms with Crippen molar-refractivity contribution in [3.05, 3.63) is 45.4 Å². The highest BCUT2D eigenvalue weighted by molar-refractivity contribution is 7.99. The van der Waals surface area contributed by atoms with Crippen molar-refractivity contribution in [2.75, 3.05) is 29.1 Å². The number of fused-ring (bicyclic) bond motifs is 1. The molecule has 1 unspecified atom stereocenters. The third kappa shape index (κ3) is 4.34. The molecule has 0 saturated heterocycles. The molecule has 6 nitrogen and oxygen atoms in total. The number of benzene rings is 1. The van der Waals surface area contributed by atoms with Crippen LogP contribution in [0.2, 0.25) is 0 Å². The van der Waals surface area contributed by atoms with Crippen LogP contribution < -0.4 is 15.8 Å². The molecule has 2 heterocycles. The molecule has 0 saturated carbocycles. The first kappa shape index (κ1) is 21.4. The molecular formula is C22H30N4O2S. The summed E-state index contributed by atoms with van der Waals surface area (Å²) in [7, 11) is 0. The average Bonchev–Trinajstić information content (AvgIpc) is 2.71. The average molecular weight is 415 g/mol. The van der Waals surface area contributed by atoms with Gasteiger partial charge in [-0.15, -0.1) is 0 Å². The zero-order chi connectivity index (χ0) is 21.1. The summed E-state index contributed by atoms with van der Waals surface area (Å²) in [6.07, 6.45) is 0.650. The number of hydrogen-bond donors (Lipinski definition) is 1. The number of thioether (sulfide) groups is 1. The molecule has 156 valence electrons. The molecule has 1 N–H and O–H groups in total. The van der Waals surface area contributed by atoms with Gasteiger partial charge in [-0.1, -0.05) is 18.7 Å². The van der Waals surface area contributed by atoms with E-state index in [1.807, 2.05) is 32.9 Å². The van der Waals surface area contributed by atoms with Gasteiger partial charge in [0.25, 0.3) is 5.56 Å². The standard InChI is InChI=1S/C22H30N4O2S/c1-6-18-15(5)23-22-26(21(18)28)12-16(13-29-22)20(27)24-19-10-9-17(11-14(19)4)25(7-2)8-3/h9-11,16H,6-8,12-13H2,1-5H3,(H,24,27). The number of rotatable bonds is 6. The van der Waals surface area contributed by atoms with E-state index in [-0.39, 0.29) is 17.4 Å². The Hall–Kier alpha value is -2.28. The fourth-order valence-corrected chi connectivity index (χ4v) is 4.89. The van der Waals surface area contributed by atoms with Crippen molar-refractivity contribution < 1.29 is 4.79 Å². The van der Waals surface area contributed by atoms with Crippen molar-refractivity contribution in [1.82, 2.24) is 9.55 Å². The highest BCUT2D eigenvalue weighted by Gasteiger charge is 2.28. The Labute approximate surface area is 176 Å². The quantitative estimate of drug-likeness (QED) is 0.731. The molecule has 2 aromatic rings. The van der Waals surface area contributed by atoms with Crippen LogP contribution in [0.1, 0.15) is 37.6 Å². The number of aromatic nitrogens is 2. The van der Waals surface area contributed by atoms with E-state index in [1.54, 1.807) is 4.57 Å². The molecule has 0 fully saturated rings. The molecule has 0 bridgehead atoms. The third-order valence-corrected chi connectivity index (χ3v) is 6.71. The summed E-state index contributed by atoms with van der Waals surface area (Å²) in [6, 6.07) is 6.13. The van der Waals surface area contributed by atoms with Gasteiger partial charge in [0.1, 0.15) is 0 Å². The van der Waals surface area contributed by atoms with Gasteiger partial charge in [-0.3, -0.25) is 14.2 Å². The monoisotopic (exact) mass is 414 g/mol. The lowest BCUT2D eigenvalue weighted by Crippen LogP contribution is -2.38. The first-order valence-corrected chi connectivity index (χ1v) is 11.3. The molecule has 7 heteroatoms. The Morgan fingerprint density at radius 2 is 2.00 bits per heavy atom. The summed E-state index contributed by atoms with van der Waals surface area (Å²) in [5.74, 6) is 0.313. The molecule has 1 aliphatic rings. The van der Waals surface area contributed by atoms with Crippen LogP contribution in [-0.4, -0.2) is 34.3 Å². The zero-order valence-electron chi connectivity index (χ0n) is 17.9. The number of nitrogens with one attached hydrogen (secondary N) is 1. The van der Waals surface area contributed by atoms with Crippen molar-refractivity contribution in [2.45, 2.75) is 52.7 Å². The SMILES string of the molecule is CCc1c(C)nc2n(c1=O)CC(C(=O)Nc1ccc(N(CC)CC)cc1C)CS2. The number of carbonyl (C=O) groups is 1. The Balaban J connectivity index is 1.77. The molecule has 1 aliphatic heterocycles. The van der Waals surface area contributed by atoms with Crippen LogP contribution in [0.5, 0.6) is 0 Å². The van der Waals surface area contributed by atoms with Crippen molar-refractivity contribution in [2.24, 2.45) is 5.92 Å².